The van der Waals surface area contributed by atoms with Gasteiger partial charge in [-0.25, -0.2) is 0 Å². The Kier molecular flexibility index (Phi) is 6.49. The first-order valence-corrected chi connectivity index (χ1v) is 4.84. The van der Waals surface area contributed by atoms with E-state index in [1.807, 2.05) is 13.8 Å². The van der Waals surface area contributed by atoms with E-state index in [2.05, 4.69) is 0 Å². The monoisotopic (exact) mass is 204 g/mol. The van der Waals surface area contributed by atoms with Gasteiger partial charge >= 0.3 is 5.97 Å². The summed E-state index contributed by atoms with van der Waals surface area (Å²) in [5.41, 5.74) is 0. The van der Waals surface area contributed by atoms with Gasteiger partial charge in [-0.2, -0.15) is 0 Å². The molecule has 0 spiro atoms. The molecular formula is C9H16O3S. The lowest BCUT2D eigenvalue weighted by Gasteiger charge is -2.09. The quantitative estimate of drug-likeness (QED) is 0.674. The zero-order valence-electron chi connectivity index (χ0n) is 8.08. The largest absolute Gasteiger partial charge is 0.487 e. The van der Waals surface area contributed by atoms with Crippen LogP contribution in [0.5, 0.6) is 0 Å². The van der Waals surface area contributed by atoms with Crippen molar-refractivity contribution in [1.29, 1.82) is 0 Å². The van der Waals surface area contributed by atoms with Crippen LogP contribution in [0.1, 0.15) is 33.1 Å². The van der Waals surface area contributed by atoms with Crippen LogP contribution in [0, 0.1) is 5.92 Å². The Morgan fingerprint density at radius 2 is 2.23 bits per heavy atom. The summed E-state index contributed by atoms with van der Waals surface area (Å²) in [7, 11) is 0. The second-order valence-electron chi connectivity index (χ2n) is 3.07. The number of carbonyl (C=O) groups is 1. The topological polar surface area (TPSA) is 46.5 Å². The van der Waals surface area contributed by atoms with Crippen LogP contribution in [0.15, 0.2) is 0 Å². The van der Waals surface area contributed by atoms with Gasteiger partial charge in [-0.1, -0.05) is 13.8 Å². The number of hydrogen-bond donors (Lipinski definition) is 1. The molecule has 0 aromatic carbocycles. The summed E-state index contributed by atoms with van der Waals surface area (Å²) in [6.07, 6.45) is 1.68. The fraction of sp³-hybridized carbons (Fsp3) is 0.778. The molecule has 13 heavy (non-hydrogen) atoms. The minimum Gasteiger partial charge on any atom is -0.487 e. The van der Waals surface area contributed by atoms with Gasteiger partial charge in [-0.3, -0.25) is 4.79 Å². The first-order chi connectivity index (χ1) is 6.06. The summed E-state index contributed by atoms with van der Waals surface area (Å²) in [4.78, 5) is 10.3. The molecule has 3 nitrogen and oxygen atoms in total. The Bertz CT molecular complexity index is 180. The van der Waals surface area contributed by atoms with Crippen molar-refractivity contribution in [1.82, 2.24) is 0 Å². The first-order valence-electron chi connectivity index (χ1n) is 4.43. The smallest absolute Gasteiger partial charge is 0.303 e. The van der Waals surface area contributed by atoms with Gasteiger partial charge in [0, 0.05) is 12.8 Å². The van der Waals surface area contributed by atoms with Crippen molar-refractivity contribution in [2.45, 2.75) is 33.1 Å². The van der Waals surface area contributed by atoms with E-state index in [9.17, 15) is 4.79 Å². The highest BCUT2D eigenvalue weighted by molar-refractivity contribution is 7.80. The highest BCUT2D eigenvalue weighted by Gasteiger charge is 2.07. The predicted molar refractivity (Wildman–Crippen MR) is 54.9 cm³/mol. The summed E-state index contributed by atoms with van der Waals surface area (Å²) in [6.45, 7) is 4.36. The summed E-state index contributed by atoms with van der Waals surface area (Å²) >= 11 is 4.86. The number of aliphatic carboxylic acids is 1. The Labute approximate surface area is 84.1 Å². The fourth-order valence-corrected chi connectivity index (χ4v) is 0.959. The van der Waals surface area contributed by atoms with Gasteiger partial charge in [-0.05, 0) is 24.6 Å². The summed E-state index contributed by atoms with van der Waals surface area (Å²) < 4.78 is 5.18. The van der Waals surface area contributed by atoms with E-state index in [1.165, 1.54) is 0 Å². The van der Waals surface area contributed by atoms with Crippen LogP contribution in [0.25, 0.3) is 0 Å². The molecule has 0 aromatic heterocycles. The average molecular weight is 204 g/mol. The molecule has 0 saturated heterocycles. The Balaban J connectivity index is 3.42. The van der Waals surface area contributed by atoms with E-state index >= 15 is 0 Å². The maximum atomic E-state index is 10.3. The van der Waals surface area contributed by atoms with E-state index in [0.717, 1.165) is 12.8 Å². The molecule has 1 unspecified atom stereocenters. The molecule has 0 aliphatic heterocycles. The van der Waals surface area contributed by atoms with E-state index < -0.39 is 5.97 Å². The number of ether oxygens (including phenoxy) is 1. The lowest BCUT2D eigenvalue weighted by Crippen LogP contribution is -2.09. The zero-order valence-corrected chi connectivity index (χ0v) is 8.89. The lowest BCUT2D eigenvalue weighted by atomic mass is 10.1. The molecule has 4 heteroatoms. The van der Waals surface area contributed by atoms with Crippen LogP contribution in [-0.2, 0) is 9.53 Å². The molecule has 0 rings (SSSR count). The predicted octanol–water partition coefficient (Wildman–Crippen LogP) is 2.24. The Hall–Kier alpha value is -0.640. The van der Waals surface area contributed by atoms with Crippen molar-refractivity contribution in [3.63, 3.8) is 0 Å². The molecule has 0 aliphatic carbocycles. The van der Waals surface area contributed by atoms with Gasteiger partial charge in [0.25, 0.3) is 0 Å². The normalized spacial score (nSPS) is 12.2. The number of carboxylic acid groups (broad SMARTS) is 1. The molecular weight excluding hydrogens is 188 g/mol. The van der Waals surface area contributed by atoms with Crippen LogP contribution in [0.2, 0.25) is 0 Å². The first kappa shape index (κ1) is 12.4. The third-order valence-electron chi connectivity index (χ3n) is 1.69. The SMILES string of the molecule is CCC(=S)OCCC(C)CC(=O)O. The van der Waals surface area contributed by atoms with Crippen molar-refractivity contribution in [2.24, 2.45) is 5.92 Å². The van der Waals surface area contributed by atoms with Crippen LogP contribution >= 0.6 is 12.2 Å². The Morgan fingerprint density at radius 3 is 2.69 bits per heavy atom. The maximum Gasteiger partial charge on any atom is 0.303 e. The van der Waals surface area contributed by atoms with Crippen molar-refractivity contribution in [2.75, 3.05) is 6.61 Å². The zero-order chi connectivity index (χ0) is 10.3. The number of carboxylic acids is 1. The van der Waals surface area contributed by atoms with Gasteiger partial charge < -0.3 is 9.84 Å². The minimum atomic E-state index is -0.759. The number of hydrogen-bond acceptors (Lipinski definition) is 3. The standard InChI is InChI=1S/C9H16O3S/c1-3-9(13)12-5-4-7(2)6-8(10)11/h7H,3-6H2,1-2H3,(H,10,11). The fourth-order valence-electron chi connectivity index (χ4n) is 0.876. The molecule has 0 aliphatic rings. The number of thiocarbonyl (C=S) groups is 1. The second kappa shape index (κ2) is 6.83. The molecule has 0 saturated carbocycles. The average Bonchev–Trinajstić information content (AvgIpc) is 2.02. The summed E-state index contributed by atoms with van der Waals surface area (Å²) in [5.74, 6) is -0.609. The van der Waals surface area contributed by atoms with Crippen molar-refractivity contribution >= 4 is 23.2 Å². The molecule has 0 aromatic rings. The van der Waals surface area contributed by atoms with Crippen molar-refractivity contribution in [3.8, 4) is 0 Å². The number of rotatable bonds is 6. The highest BCUT2D eigenvalue weighted by atomic mass is 32.1. The molecule has 76 valence electrons. The second-order valence-corrected chi connectivity index (χ2v) is 3.52. The van der Waals surface area contributed by atoms with Crippen LogP contribution < -0.4 is 0 Å². The maximum absolute atomic E-state index is 10.3. The summed E-state index contributed by atoms with van der Waals surface area (Å²) in [6, 6.07) is 0. The van der Waals surface area contributed by atoms with Gasteiger partial charge in [0.15, 0.2) is 5.05 Å². The van der Waals surface area contributed by atoms with E-state index in [4.69, 9.17) is 22.1 Å². The van der Waals surface area contributed by atoms with Crippen LogP contribution in [0.4, 0.5) is 0 Å². The van der Waals surface area contributed by atoms with Crippen LogP contribution in [-0.4, -0.2) is 22.7 Å². The molecule has 0 heterocycles. The van der Waals surface area contributed by atoms with Gasteiger partial charge in [0.1, 0.15) is 0 Å². The van der Waals surface area contributed by atoms with E-state index in [-0.39, 0.29) is 12.3 Å². The highest BCUT2D eigenvalue weighted by Crippen LogP contribution is 2.07. The molecule has 0 radical (unpaired) electrons. The molecule has 0 bridgehead atoms. The van der Waals surface area contributed by atoms with Crippen molar-refractivity contribution < 1.29 is 14.6 Å². The third kappa shape index (κ3) is 7.71. The van der Waals surface area contributed by atoms with Gasteiger partial charge in [0.2, 0.25) is 0 Å². The third-order valence-corrected chi connectivity index (χ3v) is 2.09. The molecule has 1 atom stereocenters. The van der Waals surface area contributed by atoms with E-state index in [0.29, 0.717) is 11.7 Å². The minimum absolute atomic E-state index is 0.150. The van der Waals surface area contributed by atoms with Gasteiger partial charge in [0.05, 0.1) is 6.61 Å². The van der Waals surface area contributed by atoms with Crippen LogP contribution in [0.3, 0.4) is 0 Å². The molecule has 0 fully saturated rings. The molecule has 1 N–H and O–H groups in total. The molecule has 0 amide bonds. The summed E-state index contributed by atoms with van der Waals surface area (Å²) in [5, 5.41) is 9.07. The Morgan fingerprint density at radius 1 is 1.62 bits per heavy atom. The van der Waals surface area contributed by atoms with Gasteiger partial charge in [-0.15, -0.1) is 0 Å². The van der Waals surface area contributed by atoms with Crippen molar-refractivity contribution in [3.05, 3.63) is 0 Å². The lowest BCUT2D eigenvalue weighted by molar-refractivity contribution is -0.138. The van der Waals surface area contributed by atoms with E-state index in [1.54, 1.807) is 0 Å².